The monoisotopic (exact) mass is 537 g/mol. The summed E-state index contributed by atoms with van der Waals surface area (Å²) in [6, 6.07) is 21.1. The van der Waals surface area contributed by atoms with Gasteiger partial charge in [-0.2, -0.15) is 0 Å². The second-order valence-electron chi connectivity index (χ2n) is 8.78. The van der Waals surface area contributed by atoms with Crippen molar-refractivity contribution in [2.45, 2.75) is 17.3 Å². The molecular formula is C29H19N3O4S2. The molecule has 7 nitrogen and oxygen atoms in total. The van der Waals surface area contributed by atoms with Gasteiger partial charge in [-0.1, -0.05) is 66.4 Å². The number of thioether (sulfide) groups is 1. The van der Waals surface area contributed by atoms with Gasteiger partial charge in [0, 0.05) is 38.9 Å². The Morgan fingerprint density at radius 3 is 2.26 bits per heavy atom. The van der Waals surface area contributed by atoms with Crippen molar-refractivity contribution in [3.05, 3.63) is 111 Å². The normalized spacial score (nSPS) is 13.2. The number of rotatable bonds is 5. The van der Waals surface area contributed by atoms with E-state index in [1.165, 1.54) is 17.4 Å². The minimum Gasteiger partial charge on any atom is -0.325 e. The molecule has 1 atom stereocenters. The fourth-order valence-electron chi connectivity index (χ4n) is 4.46. The molecule has 1 aliphatic rings. The van der Waals surface area contributed by atoms with Gasteiger partial charge in [-0.3, -0.25) is 19.2 Å². The number of nitrogens with one attached hydrogen (secondary N) is 2. The van der Waals surface area contributed by atoms with Gasteiger partial charge >= 0.3 is 0 Å². The molecule has 1 amide bonds. The second kappa shape index (κ2) is 9.51. The summed E-state index contributed by atoms with van der Waals surface area (Å²) in [6.45, 7) is 1.71. The van der Waals surface area contributed by atoms with E-state index in [2.05, 4.69) is 15.3 Å². The molecule has 2 aromatic heterocycles. The number of fused-ring (bicyclic) bond motifs is 3. The number of benzene rings is 3. The first-order valence-electron chi connectivity index (χ1n) is 11.8. The Morgan fingerprint density at radius 1 is 0.868 bits per heavy atom. The predicted octanol–water partition coefficient (Wildman–Crippen LogP) is 5.55. The summed E-state index contributed by atoms with van der Waals surface area (Å²) >= 11 is 2.51. The Bertz CT molecular complexity index is 1830. The van der Waals surface area contributed by atoms with Crippen LogP contribution in [0.3, 0.4) is 0 Å². The van der Waals surface area contributed by atoms with Gasteiger partial charge in [-0.25, -0.2) is 4.98 Å². The zero-order valence-electron chi connectivity index (χ0n) is 20.0. The van der Waals surface area contributed by atoms with E-state index in [9.17, 15) is 19.2 Å². The average molecular weight is 538 g/mol. The van der Waals surface area contributed by atoms with Gasteiger partial charge in [0.2, 0.25) is 5.91 Å². The largest absolute Gasteiger partial charge is 0.325 e. The third-order valence-corrected chi connectivity index (χ3v) is 8.21. The number of thiophene rings is 1. The van der Waals surface area contributed by atoms with Crippen molar-refractivity contribution in [3.63, 3.8) is 0 Å². The molecule has 38 heavy (non-hydrogen) atoms. The minimum absolute atomic E-state index is 0.216. The number of aromatic amines is 1. The standard InChI is InChI=1S/C29H19N3O4S2/c1-15(38-29-31-27(36)23-22(14-37-28(23)32-29)16-7-3-2-4-8-16)26(35)30-17-11-12-20-21(13-17)25(34)19-10-6-5-9-18(19)24(20)33/h2-15H,1H3,(H,30,35)(H,31,32,36)/t15-/m1/s1. The van der Waals surface area contributed by atoms with Gasteiger partial charge < -0.3 is 10.3 Å². The maximum absolute atomic E-state index is 13.0. The SMILES string of the molecule is C[C@@H](Sc1nc2scc(-c3ccccc3)c2c(=O)[nH]1)C(=O)Nc1ccc2c(c1)C(=O)c1ccccc1C2=O. The summed E-state index contributed by atoms with van der Waals surface area (Å²) in [7, 11) is 0. The van der Waals surface area contributed by atoms with E-state index in [1.807, 2.05) is 35.7 Å². The van der Waals surface area contributed by atoms with Crippen molar-refractivity contribution >= 4 is 56.5 Å². The number of hydrogen-bond donors (Lipinski definition) is 2. The van der Waals surface area contributed by atoms with Crippen LogP contribution in [-0.4, -0.2) is 32.7 Å². The third kappa shape index (κ3) is 4.15. The molecule has 0 fully saturated rings. The molecule has 0 saturated heterocycles. The number of nitrogens with zero attached hydrogens (tertiary/aromatic N) is 1. The van der Waals surface area contributed by atoms with Crippen LogP contribution in [0, 0.1) is 0 Å². The Morgan fingerprint density at radius 2 is 1.53 bits per heavy atom. The highest BCUT2D eigenvalue weighted by Crippen LogP contribution is 2.33. The van der Waals surface area contributed by atoms with Gasteiger partial charge in [-0.05, 0) is 30.7 Å². The molecule has 5 aromatic rings. The summed E-state index contributed by atoms with van der Waals surface area (Å²) in [6.07, 6.45) is 0. The Kier molecular flexibility index (Phi) is 6.01. The van der Waals surface area contributed by atoms with Gasteiger partial charge in [-0.15, -0.1) is 11.3 Å². The number of H-pyrrole nitrogens is 1. The highest BCUT2D eigenvalue weighted by Gasteiger charge is 2.29. The molecule has 0 saturated carbocycles. The van der Waals surface area contributed by atoms with Crippen LogP contribution in [0.15, 0.2) is 88.1 Å². The van der Waals surface area contributed by atoms with Crippen LogP contribution in [-0.2, 0) is 4.79 Å². The van der Waals surface area contributed by atoms with Crippen LogP contribution in [0.25, 0.3) is 21.3 Å². The van der Waals surface area contributed by atoms with Crippen molar-refractivity contribution in [2.75, 3.05) is 5.32 Å². The number of amides is 1. The number of hydrogen-bond acceptors (Lipinski definition) is 7. The third-order valence-electron chi connectivity index (χ3n) is 6.36. The molecule has 0 spiro atoms. The van der Waals surface area contributed by atoms with Crippen LogP contribution >= 0.6 is 23.1 Å². The lowest BCUT2D eigenvalue weighted by molar-refractivity contribution is -0.115. The Balaban J connectivity index is 1.21. The zero-order valence-corrected chi connectivity index (χ0v) is 21.6. The van der Waals surface area contributed by atoms with E-state index in [0.717, 1.165) is 22.9 Å². The molecule has 6 rings (SSSR count). The van der Waals surface area contributed by atoms with E-state index < -0.39 is 5.25 Å². The van der Waals surface area contributed by atoms with E-state index in [0.29, 0.717) is 37.8 Å². The smallest absolute Gasteiger partial charge is 0.260 e. The molecule has 2 heterocycles. The number of carbonyl (C=O) groups excluding carboxylic acids is 3. The lowest BCUT2D eigenvalue weighted by Gasteiger charge is -2.18. The zero-order chi connectivity index (χ0) is 26.4. The van der Waals surface area contributed by atoms with E-state index in [1.54, 1.807) is 43.3 Å². The van der Waals surface area contributed by atoms with Gasteiger partial charge in [0.1, 0.15) is 4.83 Å². The average Bonchev–Trinajstić information content (AvgIpc) is 3.37. The molecule has 2 N–H and O–H groups in total. The van der Waals surface area contributed by atoms with E-state index in [4.69, 9.17) is 0 Å². The molecular weight excluding hydrogens is 518 g/mol. The molecule has 0 bridgehead atoms. The van der Waals surface area contributed by atoms with Crippen LogP contribution in [0.5, 0.6) is 0 Å². The summed E-state index contributed by atoms with van der Waals surface area (Å²) in [4.78, 5) is 59.7. The number of aromatic nitrogens is 2. The van der Waals surface area contributed by atoms with E-state index in [-0.39, 0.29) is 28.6 Å². The van der Waals surface area contributed by atoms with Crippen molar-refractivity contribution < 1.29 is 14.4 Å². The molecule has 186 valence electrons. The number of anilines is 1. The summed E-state index contributed by atoms with van der Waals surface area (Å²) in [5, 5.41) is 4.99. The Labute approximate surface area is 225 Å². The van der Waals surface area contributed by atoms with Crippen molar-refractivity contribution in [3.8, 4) is 11.1 Å². The van der Waals surface area contributed by atoms with E-state index >= 15 is 0 Å². The molecule has 9 heteroatoms. The van der Waals surface area contributed by atoms with Crippen LogP contribution in [0.4, 0.5) is 5.69 Å². The summed E-state index contributed by atoms with van der Waals surface area (Å²) < 4.78 is 0. The van der Waals surface area contributed by atoms with Crippen LogP contribution in [0.1, 0.15) is 38.8 Å². The predicted molar refractivity (Wildman–Crippen MR) is 149 cm³/mol. The Hall–Kier alpha value is -4.34. The first kappa shape index (κ1) is 24.0. The number of carbonyl (C=O) groups is 3. The van der Waals surface area contributed by atoms with Crippen LogP contribution in [0.2, 0.25) is 0 Å². The molecule has 1 aliphatic carbocycles. The molecule has 0 unspecified atom stereocenters. The lowest BCUT2D eigenvalue weighted by Crippen LogP contribution is -2.24. The topological polar surface area (TPSA) is 109 Å². The quantitative estimate of drug-likeness (QED) is 0.221. The highest BCUT2D eigenvalue weighted by molar-refractivity contribution is 8.00. The van der Waals surface area contributed by atoms with Gasteiger partial charge in [0.05, 0.1) is 10.6 Å². The summed E-state index contributed by atoms with van der Waals surface area (Å²) in [5.41, 5.74) is 3.22. The lowest BCUT2D eigenvalue weighted by atomic mass is 9.84. The van der Waals surface area contributed by atoms with Crippen LogP contribution < -0.4 is 10.9 Å². The van der Waals surface area contributed by atoms with Crippen molar-refractivity contribution in [1.82, 2.24) is 9.97 Å². The first-order chi connectivity index (χ1) is 18.4. The highest BCUT2D eigenvalue weighted by atomic mass is 32.2. The maximum atomic E-state index is 13.0. The molecule has 0 aliphatic heterocycles. The fraction of sp³-hybridized carbons (Fsp3) is 0.0690. The van der Waals surface area contributed by atoms with Gasteiger partial charge in [0.25, 0.3) is 5.56 Å². The molecule has 3 aromatic carbocycles. The fourth-order valence-corrected chi connectivity index (χ4v) is 6.26. The summed E-state index contributed by atoms with van der Waals surface area (Å²) in [5.74, 6) is -0.801. The van der Waals surface area contributed by atoms with Crippen molar-refractivity contribution in [1.29, 1.82) is 0 Å². The second-order valence-corrected chi connectivity index (χ2v) is 11.0. The number of ketones is 2. The van der Waals surface area contributed by atoms with Crippen molar-refractivity contribution in [2.24, 2.45) is 0 Å². The maximum Gasteiger partial charge on any atom is 0.260 e. The van der Waals surface area contributed by atoms with Gasteiger partial charge in [0.15, 0.2) is 16.7 Å². The minimum atomic E-state index is -0.599. The first-order valence-corrected chi connectivity index (χ1v) is 13.5. The molecule has 0 radical (unpaired) electrons.